The Balaban J connectivity index is 1.80. The molecule has 0 saturated heterocycles. The summed E-state index contributed by atoms with van der Waals surface area (Å²) >= 11 is 0. The van der Waals surface area contributed by atoms with Crippen LogP contribution >= 0.6 is 0 Å². The van der Waals surface area contributed by atoms with E-state index >= 15 is 0 Å². The molecule has 4 rings (SSSR count). The Morgan fingerprint density at radius 1 is 0.462 bits per heavy atom. The van der Waals surface area contributed by atoms with Crippen molar-refractivity contribution < 1.29 is 0 Å². The van der Waals surface area contributed by atoms with Crippen LogP contribution in [0, 0.1) is 20.8 Å². The molecule has 3 heteroatoms. The monoisotopic (exact) mass is 519 g/mol. The number of rotatable bonds is 13. The Kier molecular flexibility index (Phi) is 10.4. The minimum Gasteiger partial charge on any atom is -0.208 e. The van der Waals surface area contributed by atoms with Gasteiger partial charge in [0.1, 0.15) is 0 Å². The smallest absolute Gasteiger partial charge is 0.164 e. The van der Waals surface area contributed by atoms with Gasteiger partial charge in [0.15, 0.2) is 17.5 Å². The summed E-state index contributed by atoms with van der Waals surface area (Å²) in [5.41, 5.74) is 9.95. The van der Waals surface area contributed by atoms with Gasteiger partial charge in [-0.25, -0.2) is 15.0 Å². The summed E-state index contributed by atoms with van der Waals surface area (Å²) in [6.45, 7) is 11.1. The number of nitrogens with zero attached hydrogens (tertiary/aromatic N) is 3. The van der Waals surface area contributed by atoms with Crippen molar-refractivity contribution in [1.82, 2.24) is 15.0 Å². The zero-order valence-corrected chi connectivity index (χ0v) is 24.7. The molecule has 0 N–H and O–H groups in total. The van der Waals surface area contributed by atoms with Gasteiger partial charge in [0, 0.05) is 16.7 Å². The maximum Gasteiger partial charge on any atom is 0.164 e. The second kappa shape index (κ2) is 14.2. The highest BCUT2D eigenvalue weighted by molar-refractivity contribution is 5.68. The predicted octanol–water partition coefficient (Wildman–Crippen LogP) is 10.0. The van der Waals surface area contributed by atoms with Crippen molar-refractivity contribution in [1.29, 1.82) is 0 Å². The van der Waals surface area contributed by atoms with Crippen molar-refractivity contribution in [2.75, 3.05) is 0 Å². The molecule has 0 aliphatic carbocycles. The van der Waals surface area contributed by atoms with Gasteiger partial charge < -0.3 is 0 Å². The van der Waals surface area contributed by atoms with Crippen molar-refractivity contribution in [3.8, 4) is 34.2 Å². The first-order valence-corrected chi connectivity index (χ1v) is 15.0. The minimum atomic E-state index is 0.727. The van der Waals surface area contributed by atoms with Gasteiger partial charge in [-0.15, -0.1) is 0 Å². The SMILES string of the molecule is CCCCCCc1cc(-c2nc(-c3ccc(C)cc3)nc(-c3ccc(C)cc3)n2)cc(CCCCCC)c1C. The summed E-state index contributed by atoms with van der Waals surface area (Å²) < 4.78 is 0. The van der Waals surface area contributed by atoms with E-state index in [1.54, 1.807) is 0 Å². The molecule has 0 amide bonds. The molecule has 0 saturated carbocycles. The van der Waals surface area contributed by atoms with E-state index in [-0.39, 0.29) is 0 Å². The fourth-order valence-corrected chi connectivity index (χ4v) is 5.14. The number of aromatic nitrogens is 3. The van der Waals surface area contributed by atoms with Crippen LogP contribution in [0.2, 0.25) is 0 Å². The summed E-state index contributed by atoms with van der Waals surface area (Å²) in [4.78, 5) is 15.1. The Bertz CT molecular complexity index is 1240. The first-order chi connectivity index (χ1) is 19.0. The topological polar surface area (TPSA) is 38.7 Å². The van der Waals surface area contributed by atoms with Gasteiger partial charge >= 0.3 is 0 Å². The van der Waals surface area contributed by atoms with E-state index in [2.05, 4.69) is 95.3 Å². The Morgan fingerprint density at radius 2 is 0.846 bits per heavy atom. The Labute approximate surface area is 236 Å². The van der Waals surface area contributed by atoms with Crippen LogP contribution in [0.5, 0.6) is 0 Å². The van der Waals surface area contributed by atoms with Gasteiger partial charge in [0.2, 0.25) is 0 Å². The van der Waals surface area contributed by atoms with Crippen LogP contribution in [0.1, 0.15) is 93.0 Å². The third kappa shape index (κ3) is 7.85. The van der Waals surface area contributed by atoms with Crippen LogP contribution in [0.3, 0.4) is 0 Å². The van der Waals surface area contributed by atoms with Crippen LogP contribution in [0.25, 0.3) is 34.2 Å². The lowest BCUT2D eigenvalue weighted by Gasteiger charge is -2.16. The number of hydrogen-bond acceptors (Lipinski definition) is 3. The van der Waals surface area contributed by atoms with Gasteiger partial charge in [-0.3, -0.25) is 0 Å². The molecule has 0 fully saturated rings. The van der Waals surface area contributed by atoms with E-state index in [4.69, 9.17) is 15.0 Å². The molecule has 4 aromatic rings. The van der Waals surface area contributed by atoms with Crippen LogP contribution in [-0.2, 0) is 12.8 Å². The van der Waals surface area contributed by atoms with Crippen molar-refractivity contribution in [3.05, 3.63) is 88.5 Å². The molecule has 0 unspecified atom stereocenters. The van der Waals surface area contributed by atoms with Crippen molar-refractivity contribution in [3.63, 3.8) is 0 Å². The van der Waals surface area contributed by atoms with E-state index < -0.39 is 0 Å². The lowest BCUT2D eigenvalue weighted by Crippen LogP contribution is -2.03. The van der Waals surface area contributed by atoms with Crippen molar-refractivity contribution in [2.24, 2.45) is 0 Å². The fourth-order valence-electron chi connectivity index (χ4n) is 5.14. The van der Waals surface area contributed by atoms with Crippen LogP contribution < -0.4 is 0 Å². The molecule has 0 radical (unpaired) electrons. The third-order valence-electron chi connectivity index (χ3n) is 7.74. The number of benzene rings is 3. The maximum absolute atomic E-state index is 5.06. The molecule has 3 aromatic carbocycles. The second-order valence-electron chi connectivity index (χ2n) is 11.1. The molecule has 1 heterocycles. The fraction of sp³-hybridized carbons (Fsp3) is 0.417. The molecule has 3 nitrogen and oxygen atoms in total. The molecule has 204 valence electrons. The molecular formula is C36H45N3. The molecular weight excluding hydrogens is 474 g/mol. The number of aryl methyl sites for hydroxylation is 4. The van der Waals surface area contributed by atoms with Gasteiger partial charge in [-0.05, 0) is 75.3 Å². The van der Waals surface area contributed by atoms with Gasteiger partial charge in [0.05, 0.1) is 0 Å². The van der Waals surface area contributed by atoms with E-state index in [1.165, 1.54) is 79.2 Å². The minimum absolute atomic E-state index is 0.727. The van der Waals surface area contributed by atoms with Crippen LogP contribution in [0.15, 0.2) is 60.7 Å². The summed E-state index contributed by atoms with van der Waals surface area (Å²) in [7, 11) is 0. The van der Waals surface area contributed by atoms with E-state index in [9.17, 15) is 0 Å². The number of hydrogen-bond donors (Lipinski definition) is 0. The average molecular weight is 520 g/mol. The molecule has 0 spiro atoms. The van der Waals surface area contributed by atoms with Crippen molar-refractivity contribution in [2.45, 2.75) is 98.8 Å². The van der Waals surface area contributed by atoms with Crippen molar-refractivity contribution >= 4 is 0 Å². The largest absolute Gasteiger partial charge is 0.208 e. The molecule has 0 bridgehead atoms. The van der Waals surface area contributed by atoms with Crippen LogP contribution in [0.4, 0.5) is 0 Å². The van der Waals surface area contributed by atoms with E-state index in [0.717, 1.165) is 47.0 Å². The molecule has 0 aliphatic heterocycles. The molecule has 39 heavy (non-hydrogen) atoms. The third-order valence-corrected chi connectivity index (χ3v) is 7.74. The zero-order valence-electron chi connectivity index (χ0n) is 24.7. The second-order valence-corrected chi connectivity index (χ2v) is 11.1. The highest BCUT2D eigenvalue weighted by atomic mass is 15.0. The molecule has 0 atom stereocenters. The lowest BCUT2D eigenvalue weighted by molar-refractivity contribution is 0.659. The Morgan fingerprint density at radius 3 is 1.23 bits per heavy atom. The van der Waals surface area contributed by atoms with Gasteiger partial charge in [0.25, 0.3) is 0 Å². The van der Waals surface area contributed by atoms with E-state index in [0.29, 0.717) is 0 Å². The standard InChI is InChI=1S/C36H45N3/c1-6-8-10-12-14-31-24-33(25-32(28(31)5)15-13-11-9-7-2)36-38-34(29-20-16-26(3)17-21-29)37-35(39-36)30-22-18-27(4)19-23-30/h16-25H,6-15H2,1-5H3. The van der Waals surface area contributed by atoms with Gasteiger partial charge in [-0.2, -0.15) is 0 Å². The first kappa shape index (κ1) is 28.7. The zero-order chi connectivity index (χ0) is 27.6. The highest BCUT2D eigenvalue weighted by Gasteiger charge is 2.15. The lowest BCUT2D eigenvalue weighted by atomic mass is 9.92. The Hall–Kier alpha value is -3.33. The number of unbranched alkanes of at least 4 members (excludes halogenated alkanes) is 6. The predicted molar refractivity (Wildman–Crippen MR) is 166 cm³/mol. The normalized spacial score (nSPS) is 11.2. The molecule has 0 aliphatic rings. The van der Waals surface area contributed by atoms with Crippen LogP contribution in [-0.4, -0.2) is 15.0 Å². The quantitative estimate of drug-likeness (QED) is 0.165. The maximum atomic E-state index is 5.06. The summed E-state index contributed by atoms with van der Waals surface area (Å²) in [6, 6.07) is 21.6. The average Bonchev–Trinajstić information content (AvgIpc) is 2.95. The van der Waals surface area contributed by atoms with E-state index in [1.807, 2.05) is 0 Å². The summed E-state index contributed by atoms with van der Waals surface area (Å²) in [5, 5.41) is 0. The first-order valence-electron chi connectivity index (χ1n) is 15.0. The summed E-state index contributed by atoms with van der Waals surface area (Å²) in [6.07, 6.45) is 12.4. The van der Waals surface area contributed by atoms with Gasteiger partial charge in [-0.1, -0.05) is 112 Å². The summed E-state index contributed by atoms with van der Waals surface area (Å²) in [5.74, 6) is 2.22. The highest BCUT2D eigenvalue weighted by Crippen LogP contribution is 2.29. The molecule has 1 aromatic heterocycles.